The summed E-state index contributed by atoms with van der Waals surface area (Å²) in [6.45, 7) is 0. The Morgan fingerprint density at radius 1 is 1.07 bits per heavy atom. The Labute approximate surface area is 85.7 Å². The molecule has 0 saturated heterocycles. The number of fused-ring (bicyclic) bond motifs is 1. The van der Waals surface area contributed by atoms with Crippen molar-refractivity contribution in [2.45, 2.75) is 63.4 Å². The van der Waals surface area contributed by atoms with E-state index in [1.54, 1.807) is 0 Å². The molecule has 0 bridgehead atoms. The van der Waals surface area contributed by atoms with Gasteiger partial charge in [-0.15, -0.1) is 0 Å². The molecule has 14 heavy (non-hydrogen) atoms. The summed E-state index contributed by atoms with van der Waals surface area (Å²) in [5.41, 5.74) is -0.629. The van der Waals surface area contributed by atoms with Crippen LogP contribution < -0.4 is 0 Å². The first-order chi connectivity index (χ1) is 6.72. The van der Waals surface area contributed by atoms with Crippen LogP contribution in [0.15, 0.2) is 0 Å². The molecule has 2 rings (SSSR count). The molecule has 0 unspecified atom stereocenters. The van der Waals surface area contributed by atoms with E-state index in [2.05, 4.69) is 0 Å². The minimum atomic E-state index is -0.629. The van der Waals surface area contributed by atoms with Crippen LogP contribution >= 0.6 is 0 Å². The van der Waals surface area contributed by atoms with E-state index >= 15 is 0 Å². The van der Waals surface area contributed by atoms with Crippen molar-refractivity contribution in [1.82, 2.24) is 0 Å². The second kappa shape index (κ2) is 4.01. The van der Waals surface area contributed by atoms with E-state index in [4.69, 9.17) is 0 Å². The highest BCUT2D eigenvalue weighted by atomic mass is 16.3. The SMILES string of the molecule is O=C1CCCCC[C@@]2(O)CCCC[C@@H]12. The molecule has 2 aliphatic rings. The lowest BCUT2D eigenvalue weighted by molar-refractivity contribution is -0.138. The molecule has 80 valence electrons. The first-order valence-corrected chi connectivity index (χ1v) is 5.97. The highest BCUT2D eigenvalue weighted by molar-refractivity contribution is 5.82. The molecule has 0 aromatic rings. The van der Waals surface area contributed by atoms with Gasteiger partial charge in [-0.25, -0.2) is 0 Å². The van der Waals surface area contributed by atoms with Crippen LogP contribution in [-0.2, 0) is 4.79 Å². The van der Waals surface area contributed by atoms with Crippen molar-refractivity contribution in [2.24, 2.45) is 5.92 Å². The van der Waals surface area contributed by atoms with E-state index in [1.807, 2.05) is 0 Å². The van der Waals surface area contributed by atoms with Gasteiger partial charge < -0.3 is 5.11 Å². The first kappa shape index (κ1) is 10.2. The minimum Gasteiger partial charge on any atom is -0.389 e. The summed E-state index contributed by atoms with van der Waals surface area (Å²) >= 11 is 0. The minimum absolute atomic E-state index is 0.0310. The predicted octanol–water partition coefficient (Wildman–Crippen LogP) is 2.44. The number of Topliss-reactive ketones (excluding diaryl/α,β-unsaturated/α-hetero) is 1. The van der Waals surface area contributed by atoms with Crippen molar-refractivity contribution in [3.8, 4) is 0 Å². The first-order valence-electron chi connectivity index (χ1n) is 5.97. The number of hydrogen-bond donors (Lipinski definition) is 1. The Hall–Kier alpha value is -0.370. The van der Waals surface area contributed by atoms with E-state index in [0.717, 1.165) is 51.4 Å². The molecule has 2 saturated carbocycles. The summed E-state index contributed by atoms with van der Waals surface area (Å²) in [5.74, 6) is 0.295. The molecule has 0 radical (unpaired) electrons. The van der Waals surface area contributed by atoms with Gasteiger partial charge in [-0.05, 0) is 25.7 Å². The average Bonchev–Trinajstić information content (AvgIpc) is 2.15. The molecular formula is C12H20O2. The monoisotopic (exact) mass is 196 g/mol. The summed E-state index contributed by atoms with van der Waals surface area (Å²) in [6.07, 6.45) is 8.79. The molecule has 1 N–H and O–H groups in total. The quantitative estimate of drug-likeness (QED) is 0.646. The molecule has 0 aromatic carbocycles. The lowest BCUT2D eigenvalue weighted by Gasteiger charge is -2.40. The fourth-order valence-corrected chi connectivity index (χ4v) is 3.06. The molecule has 0 heterocycles. The van der Waals surface area contributed by atoms with E-state index in [-0.39, 0.29) is 5.92 Å². The standard InChI is InChI=1S/C12H20O2/c13-11-7-2-1-4-8-12(14)9-5-3-6-10(11)12/h10,14H,1-9H2/t10-,12+/m0/s1. The van der Waals surface area contributed by atoms with Gasteiger partial charge in [0.2, 0.25) is 0 Å². The lowest BCUT2D eigenvalue weighted by atomic mass is 9.69. The normalized spacial score (nSPS) is 39.8. The smallest absolute Gasteiger partial charge is 0.138 e. The summed E-state index contributed by atoms with van der Waals surface area (Å²) in [4.78, 5) is 11.8. The molecule has 0 spiro atoms. The fraction of sp³-hybridized carbons (Fsp3) is 0.917. The largest absolute Gasteiger partial charge is 0.389 e. The number of ketones is 1. The molecular weight excluding hydrogens is 176 g/mol. The maximum Gasteiger partial charge on any atom is 0.138 e. The van der Waals surface area contributed by atoms with Crippen LogP contribution in [-0.4, -0.2) is 16.5 Å². The van der Waals surface area contributed by atoms with Crippen LogP contribution in [0, 0.1) is 5.92 Å². The maximum absolute atomic E-state index is 11.8. The highest BCUT2D eigenvalue weighted by Crippen LogP contribution is 2.40. The van der Waals surface area contributed by atoms with Gasteiger partial charge in [-0.2, -0.15) is 0 Å². The third-order valence-corrected chi connectivity index (χ3v) is 3.92. The number of carbonyl (C=O) groups is 1. The molecule has 0 aromatic heterocycles. The Morgan fingerprint density at radius 3 is 2.57 bits per heavy atom. The third-order valence-electron chi connectivity index (χ3n) is 3.92. The number of hydrogen-bond acceptors (Lipinski definition) is 2. The van der Waals surface area contributed by atoms with Crippen LogP contribution in [0.1, 0.15) is 57.8 Å². The fourth-order valence-electron chi connectivity index (χ4n) is 3.06. The maximum atomic E-state index is 11.8. The lowest BCUT2D eigenvalue weighted by Crippen LogP contribution is -2.45. The van der Waals surface area contributed by atoms with E-state index < -0.39 is 5.60 Å². The Morgan fingerprint density at radius 2 is 1.79 bits per heavy atom. The zero-order chi connectivity index (χ0) is 10.0. The molecule has 0 aliphatic heterocycles. The molecule has 2 aliphatic carbocycles. The summed E-state index contributed by atoms with van der Waals surface area (Å²) < 4.78 is 0. The van der Waals surface area contributed by atoms with Crippen molar-refractivity contribution < 1.29 is 9.90 Å². The van der Waals surface area contributed by atoms with E-state index in [9.17, 15) is 9.90 Å². The predicted molar refractivity (Wildman–Crippen MR) is 55.0 cm³/mol. The Balaban J connectivity index is 2.15. The number of aliphatic hydroxyl groups is 1. The van der Waals surface area contributed by atoms with Gasteiger partial charge in [0.05, 0.1) is 5.60 Å². The van der Waals surface area contributed by atoms with Crippen molar-refractivity contribution >= 4 is 5.78 Å². The van der Waals surface area contributed by atoms with Gasteiger partial charge in [0, 0.05) is 12.3 Å². The zero-order valence-corrected chi connectivity index (χ0v) is 8.80. The van der Waals surface area contributed by atoms with Crippen molar-refractivity contribution in [2.75, 3.05) is 0 Å². The summed E-state index contributed by atoms with van der Waals surface area (Å²) in [7, 11) is 0. The van der Waals surface area contributed by atoms with Crippen molar-refractivity contribution in [1.29, 1.82) is 0 Å². The molecule has 2 heteroatoms. The van der Waals surface area contributed by atoms with Crippen LogP contribution in [0.4, 0.5) is 0 Å². The van der Waals surface area contributed by atoms with E-state index in [0.29, 0.717) is 12.2 Å². The van der Waals surface area contributed by atoms with Crippen molar-refractivity contribution in [3.05, 3.63) is 0 Å². The van der Waals surface area contributed by atoms with Gasteiger partial charge >= 0.3 is 0 Å². The second-order valence-electron chi connectivity index (χ2n) is 4.93. The van der Waals surface area contributed by atoms with Gasteiger partial charge in [0.15, 0.2) is 0 Å². The van der Waals surface area contributed by atoms with Crippen molar-refractivity contribution in [3.63, 3.8) is 0 Å². The van der Waals surface area contributed by atoms with Crippen LogP contribution in [0.5, 0.6) is 0 Å². The number of carbonyl (C=O) groups excluding carboxylic acids is 1. The topological polar surface area (TPSA) is 37.3 Å². The molecule has 2 atom stereocenters. The van der Waals surface area contributed by atoms with Crippen LogP contribution in [0.2, 0.25) is 0 Å². The van der Waals surface area contributed by atoms with Crippen LogP contribution in [0.25, 0.3) is 0 Å². The van der Waals surface area contributed by atoms with Gasteiger partial charge in [0.1, 0.15) is 5.78 Å². The molecule has 2 nitrogen and oxygen atoms in total. The summed E-state index contributed by atoms with van der Waals surface area (Å²) in [5, 5.41) is 10.4. The Bertz CT molecular complexity index is 224. The van der Waals surface area contributed by atoms with E-state index in [1.165, 1.54) is 0 Å². The van der Waals surface area contributed by atoms with Crippen LogP contribution in [0.3, 0.4) is 0 Å². The van der Waals surface area contributed by atoms with Gasteiger partial charge in [-0.3, -0.25) is 4.79 Å². The third kappa shape index (κ3) is 1.85. The molecule has 2 fully saturated rings. The van der Waals surface area contributed by atoms with Gasteiger partial charge in [0.25, 0.3) is 0 Å². The average molecular weight is 196 g/mol. The zero-order valence-electron chi connectivity index (χ0n) is 8.80. The highest BCUT2D eigenvalue weighted by Gasteiger charge is 2.42. The second-order valence-corrected chi connectivity index (χ2v) is 4.93. The molecule has 0 amide bonds. The summed E-state index contributed by atoms with van der Waals surface area (Å²) in [6, 6.07) is 0. The number of rotatable bonds is 0. The van der Waals surface area contributed by atoms with Gasteiger partial charge in [-0.1, -0.05) is 25.7 Å². The Kier molecular flexibility index (Phi) is 2.91.